The fraction of sp³-hybridized carbons (Fsp3) is 0.652. The van der Waals surface area contributed by atoms with E-state index in [4.69, 9.17) is 0 Å². The van der Waals surface area contributed by atoms with E-state index >= 15 is 0 Å². The summed E-state index contributed by atoms with van der Waals surface area (Å²) in [7, 11) is 0. The number of benzene rings is 1. The van der Waals surface area contributed by atoms with E-state index in [-0.39, 0.29) is 11.6 Å². The highest BCUT2D eigenvalue weighted by Gasteiger charge is 2.31. The van der Waals surface area contributed by atoms with Crippen LogP contribution in [0.5, 0.6) is 0 Å². The van der Waals surface area contributed by atoms with Gasteiger partial charge in [0.1, 0.15) is 5.82 Å². The number of hydrogen-bond acceptors (Lipinski definition) is 0. The van der Waals surface area contributed by atoms with Gasteiger partial charge in [0.15, 0.2) is 0 Å². The molecule has 0 aromatic heterocycles. The van der Waals surface area contributed by atoms with E-state index in [1.54, 1.807) is 6.07 Å². The molecule has 2 fully saturated rings. The molecule has 150 valence electrons. The summed E-state index contributed by atoms with van der Waals surface area (Å²) < 4.78 is 51.0. The van der Waals surface area contributed by atoms with Crippen LogP contribution in [0.1, 0.15) is 81.8 Å². The van der Waals surface area contributed by atoms with Gasteiger partial charge in [0.25, 0.3) is 0 Å². The summed E-state index contributed by atoms with van der Waals surface area (Å²) in [5, 5.41) is 0. The molecule has 0 nitrogen and oxygen atoms in total. The van der Waals surface area contributed by atoms with Gasteiger partial charge in [0, 0.05) is 11.6 Å². The minimum Gasteiger partial charge on any atom is -0.206 e. The molecular formula is C23H30F4. The van der Waals surface area contributed by atoms with E-state index in [1.165, 1.54) is 57.1 Å². The minimum absolute atomic E-state index is 0.00237. The van der Waals surface area contributed by atoms with Crippen LogP contribution in [0.2, 0.25) is 0 Å². The molecule has 2 aliphatic rings. The zero-order chi connectivity index (χ0) is 19.4. The normalized spacial score (nSPS) is 30.0. The molecule has 1 aromatic carbocycles. The fourth-order valence-electron chi connectivity index (χ4n) is 5.11. The van der Waals surface area contributed by atoms with E-state index in [0.717, 1.165) is 42.2 Å². The Morgan fingerprint density at radius 1 is 0.926 bits per heavy atom. The molecule has 0 radical (unpaired) electrons. The summed E-state index contributed by atoms with van der Waals surface area (Å²) in [6, 6.07) is 4.72. The lowest BCUT2D eigenvalue weighted by Crippen LogP contribution is -2.25. The largest absolute Gasteiger partial charge is 0.409 e. The van der Waals surface area contributed by atoms with Gasteiger partial charge in [-0.2, -0.15) is 13.2 Å². The van der Waals surface area contributed by atoms with Gasteiger partial charge in [-0.3, -0.25) is 0 Å². The molecule has 0 heterocycles. The molecule has 0 atom stereocenters. The summed E-state index contributed by atoms with van der Waals surface area (Å²) in [4.78, 5) is 0. The SMILES string of the molecule is CCC1CCC(C2CCC(c3ccc(/C=C/C(F)(F)F)c(F)c3)CC2)CC1. The van der Waals surface area contributed by atoms with Crippen LogP contribution in [0, 0.1) is 23.6 Å². The maximum Gasteiger partial charge on any atom is 0.409 e. The van der Waals surface area contributed by atoms with E-state index in [9.17, 15) is 17.6 Å². The molecule has 0 amide bonds. The maximum atomic E-state index is 14.2. The van der Waals surface area contributed by atoms with Gasteiger partial charge < -0.3 is 0 Å². The molecule has 0 unspecified atom stereocenters. The lowest BCUT2D eigenvalue weighted by atomic mass is 9.68. The summed E-state index contributed by atoms with van der Waals surface area (Å²) in [6.45, 7) is 2.29. The highest BCUT2D eigenvalue weighted by Crippen LogP contribution is 2.44. The van der Waals surface area contributed by atoms with Crippen LogP contribution < -0.4 is 0 Å². The third-order valence-electron chi connectivity index (χ3n) is 6.86. The van der Waals surface area contributed by atoms with Crippen LogP contribution in [0.3, 0.4) is 0 Å². The first kappa shape index (κ1) is 20.4. The molecule has 0 saturated heterocycles. The Kier molecular flexibility index (Phi) is 6.65. The predicted octanol–water partition coefficient (Wildman–Crippen LogP) is 7.89. The molecule has 0 spiro atoms. The number of allylic oxidation sites excluding steroid dienone is 1. The standard InChI is InChI=1S/C23H30F4/c1-2-16-3-5-17(6-4-16)18-7-9-19(10-8-18)21-12-11-20(22(24)15-21)13-14-23(25,26)27/h11-19H,2-10H2,1H3/b14-13+. The van der Waals surface area contributed by atoms with Gasteiger partial charge in [0.2, 0.25) is 0 Å². The molecule has 0 aliphatic heterocycles. The predicted molar refractivity (Wildman–Crippen MR) is 102 cm³/mol. The monoisotopic (exact) mass is 382 g/mol. The summed E-state index contributed by atoms with van der Waals surface area (Å²) >= 11 is 0. The molecular weight excluding hydrogens is 352 g/mol. The molecule has 0 N–H and O–H groups in total. The van der Waals surface area contributed by atoms with Gasteiger partial charge in [-0.15, -0.1) is 0 Å². The number of halogens is 4. The Balaban J connectivity index is 1.55. The summed E-state index contributed by atoms with van der Waals surface area (Å²) in [6.07, 6.45) is 7.78. The highest BCUT2D eigenvalue weighted by atomic mass is 19.4. The quantitative estimate of drug-likeness (QED) is 0.464. The van der Waals surface area contributed by atoms with Crippen molar-refractivity contribution >= 4 is 6.08 Å². The topological polar surface area (TPSA) is 0 Å². The molecule has 1 aromatic rings. The third kappa shape index (κ3) is 5.58. The van der Waals surface area contributed by atoms with E-state index < -0.39 is 12.0 Å². The second kappa shape index (κ2) is 8.79. The minimum atomic E-state index is -4.42. The van der Waals surface area contributed by atoms with Crippen molar-refractivity contribution in [1.82, 2.24) is 0 Å². The average molecular weight is 382 g/mol. The Hall–Kier alpha value is -1.32. The Labute approximate surface area is 160 Å². The maximum absolute atomic E-state index is 14.2. The van der Waals surface area contributed by atoms with Crippen molar-refractivity contribution in [1.29, 1.82) is 0 Å². The second-order valence-electron chi connectivity index (χ2n) is 8.46. The Bertz CT molecular complexity index is 630. The van der Waals surface area contributed by atoms with Crippen LogP contribution >= 0.6 is 0 Å². The van der Waals surface area contributed by atoms with Crippen LogP contribution in [0.25, 0.3) is 6.08 Å². The molecule has 4 heteroatoms. The summed E-state index contributed by atoms with van der Waals surface area (Å²) in [5.41, 5.74) is 0.933. The van der Waals surface area contributed by atoms with Gasteiger partial charge in [-0.1, -0.05) is 38.3 Å². The smallest absolute Gasteiger partial charge is 0.206 e. The lowest BCUT2D eigenvalue weighted by Gasteiger charge is -2.38. The van der Waals surface area contributed by atoms with Crippen molar-refractivity contribution in [2.24, 2.45) is 17.8 Å². The van der Waals surface area contributed by atoms with E-state index in [1.807, 2.05) is 0 Å². The zero-order valence-electron chi connectivity index (χ0n) is 16.1. The molecule has 0 bridgehead atoms. The fourth-order valence-corrected chi connectivity index (χ4v) is 5.11. The van der Waals surface area contributed by atoms with Crippen LogP contribution in [-0.4, -0.2) is 6.18 Å². The van der Waals surface area contributed by atoms with Crippen molar-refractivity contribution in [3.63, 3.8) is 0 Å². The third-order valence-corrected chi connectivity index (χ3v) is 6.86. The van der Waals surface area contributed by atoms with Gasteiger partial charge in [-0.05, 0) is 79.9 Å². The van der Waals surface area contributed by atoms with Crippen LogP contribution in [0.4, 0.5) is 17.6 Å². The van der Waals surface area contributed by atoms with E-state index in [2.05, 4.69) is 6.92 Å². The number of alkyl halides is 3. The first-order chi connectivity index (χ1) is 12.9. The van der Waals surface area contributed by atoms with Crippen molar-refractivity contribution in [2.75, 3.05) is 0 Å². The first-order valence-electron chi connectivity index (χ1n) is 10.4. The summed E-state index contributed by atoms with van der Waals surface area (Å²) in [5.74, 6) is 2.36. The van der Waals surface area contributed by atoms with Crippen molar-refractivity contribution in [3.05, 3.63) is 41.2 Å². The van der Waals surface area contributed by atoms with Crippen molar-refractivity contribution < 1.29 is 17.6 Å². The zero-order valence-corrected chi connectivity index (χ0v) is 16.1. The Morgan fingerprint density at radius 3 is 2.04 bits per heavy atom. The number of hydrogen-bond donors (Lipinski definition) is 0. The number of rotatable bonds is 4. The van der Waals surface area contributed by atoms with Crippen LogP contribution in [0.15, 0.2) is 24.3 Å². The van der Waals surface area contributed by atoms with Crippen molar-refractivity contribution in [2.45, 2.75) is 76.8 Å². The van der Waals surface area contributed by atoms with Gasteiger partial charge in [0.05, 0.1) is 0 Å². The highest BCUT2D eigenvalue weighted by molar-refractivity contribution is 5.51. The van der Waals surface area contributed by atoms with Crippen LogP contribution in [-0.2, 0) is 0 Å². The molecule has 3 rings (SSSR count). The Morgan fingerprint density at radius 2 is 1.52 bits per heavy atom. The van der Waals surface area contributed by atoms with Gasteiger partial charge in [-0.25, -0.2) is 4.39 Å². The lowest BCUT2D eigenvalue weighted by molar-refractivity contribution is -0.0790. The molecule has 27 heavy (non-hydrogen) atoms. The molecule has 2 saturated carbocycles. The second-order valence-corrected chi connectivity index (χ2v) is 8.46. The van der Waals surface area contributed by atoms with Gasteiger partial charge >= 0.3 is 6.18 Å². The van der Waals surface area contributed by atoms with E-state index in [0.29, 0.717) is 5.92 Å². The first-order valence-corrected chi connectivity index (χ1v) is 10.4. The van der Waals surface area contributed by atoms with Crippen molar-refractivity contribution in [3.8, 4) is 0 Å². The molecule has 2 aliphatic carbocycles. The average Bonchev–Trinajstić information content (AvgIpc) is 2.66.